The monoisotopic (exact) mass is 233 g/mol. The van der Waals surface area contributed by atoms with E-state index in [1.807, 2.05) is 0 Å². The number of hydrogen-bond acceptors (Lipinski definition) is 3. The molecule has 0 aliphatic heterocycles. The van der Waals surface area contributed by atoms with Crippen LogP contribution in [-0.4, -0.2) is 24.9 Å². The minimum Gasteiger partial charge on any atom is -0.355 e. The van der Waals surface area contributed by atoms with Crippen molar-refractivity contribution < 1.29 is 9.59 Å². The van der Waals surface area contributed by atoms with Gasteiger partial charge in [0.2, 0.25) is 5.91 Å². The van der Waals surface area contributed by atoms with Crippen LogP contribution in [0.1, 0.15) is 16.8 Å². The molecule has 1 aromatic rings. The van der Waals surface area contributed by atoms with Gasteiger partial charge >= 0.3 is 0 Å². The molecule has 0 heterocycles. The smallest absolute Gasteiger partial charge is 0.251 e. The van der Waals surface area contributed by atoms with Crippen LogP contribution in [0.5, 0.6) is 0 Å². The van der Waals surface area contributed by atoms with E-state index in [-0.39, 0.29) is 23.8 Å². The third-order valence-corrected chi connectivity index (χ3v) is 2.80. The predicted octanol–water partition coefficient (Wildman–Crippen LogP) is 0.332. The zero-order chi connectivity index (χ0) is 12.4. The van der Waals surface area contributed by atoms with Gasteiger partial charge in [-0.15, -0.1) is 0 Å². The summed E-state index contributed by atoms with van der Waals surface area (Å²) in [5, 5.41) is 5.29. The van der Waals surface area contributed by atoms with E-state index in [0.29, 0.717) is 11.3 Å². The third kappa shape index (κ3) is 2.62. The van der Waals surface area contributed by atoms with Gasteiger partial charge in [0.05, 0.1) is 5.92 Å². The maximum atomic E-state index is 11.6. The first-order valence-electron chi connectivity index (χ1n) is 5.50. The fraction of sp³-hybridized carbons (Fsp3) is 0.333. The van der Waals surface area contributed by atoms with Gasteiger partial charge in [-0.3, -0.25) is 9.59 Å². The lowest BCUT2D eigenvalue weighted by atomic mass is 10.2. The molecule has 17 heavy (non-hydrogen) atoms. The van der Waals surface area contributed by atoms with Crippen molar-refractivity contribution >= 4 is 17.5 Å². The van der Waals surface area contributed by atoms with E-state index < -0.39 is 0 Å². The number of nitrogens with one attached hydrogen (secondary N) is 2. The van der Waals surface area contributed by atoms with Crippen LogP contribution in [0, 0.1) is 5.92 Å². The summed E-state index contributed by atoms with van der Waals surface area (Å²) < 4.78 is 0. The van der Waals surface area contributed by atoms with Crippen molar-refractivity contribution in [1.29, 1.82) is 0 Å². The molecule has 1 fully saturated rings. The summed E-state index contributed by atoms with van der Waals surface area (Å²) in [5.74, 6) is -0.338. The molecule has 2 atom stereocenters. The summed E-state index contributed by atoms with van der Waals surface area (Å²) in [5.41, 5.74) is 6.74. The van der Waals surface area contributed by atoms with Crippen LogP contribution in [0.2, 0.25) is 0 Å². The first-order chi connectivity index (χ1) is 8.11. The Kier molecular flexibility index (Phi) is 3.10. The molecule has 2 unspecified atom stereocenters. The Morgan fingerprint density at radius 1 is 1.41 bits per heavy atom. The van der Waals surface area contributed by atoms with E-state index in [0.717, 1.165) is 6.42 Å². The third-order valence-electron chi connectivity index (χ3n) is 2.80. The van der Waals surface area contributed by atoms with E-state index in [4.69, 9.17) is 5.73 Å². The molecule has 1 saturated carbocycles. The minimum absolute atomic E-state index is 0.0166. The Labute approximate surface area is 99.4 Å². The molecule has 2 amide bonds. The van der Waals surface area contributed by atoms with Gasteiger partial charge in [0.1, 0.15) is 0 Å². The largest absolute Gasteiger partial charge is 0.355 e. The average Bonchev–Trinajstić information content (AvgIpc) is 3.06. The molecule has 5 nitrogen and oxygen atoms in total. The summed E-state index contributed by atoms with van der Waals surface area (Å²) in [4.78, 5) is 23.1. The highest BCUT2D eigenvalue weighted by molar-refractivity contribution is 5.98. The zero-order valence-electron chi connectivity index (χ0n) is 9.57. The van der Waals surface area contributed by atoms with Gasteiger partial charge in [-0.05, 0) is 24.6 Å². The van der Waals surface area contributed by atoms with Gasteiger partial charge in [0.25, 0.3) is 5.91 Å². The standard InChI is InChI=1S/C12H15N3O2/c1-14-11(16)7-3-2-4-8(5-7)15-12(17)9-6-10(9)13/h2-5,9-10H,6,13H2,1H3,(H,14,16)(H,15,17). The van der Waals surface area contributed by atoms with E-state index >= 15 is 0 Å². The summed E-state index contributed by atoms with van der Waals surface area (Å²) >= 11 is 0. The lowest BCUT2D eigenvalue weighted by Crippen LogP contribution is -2.20. The topological polar surface area (TPSA) is 84.2 Å². The average molecular weight is 233 g/mol. The van der Waals surface area contributed by atoms with Crippen LogP contribution in [0.25, 0.3) is 0 Å². The Hall–Kier alpha value is -1.88. The number of carbonyl (C=O) groups is 2. The molecule has 1 aliphatic carbocycles. The van der Waals surface area contributed by atoms with Crippen molar-refractivity contribution in [3.63, 3.8) is 0 Å². The fourth-order valence-electron chi connectivity index (χ4n) is 1.63. The van der Waals surface area contributed by atoms with Crippen LogP contribution in [0.15, 0.2) is 24.3 Å². The van der Waals surface area contributed by atoms with E-state index in [2.05, 4.69) is 10.6 Å². The first-order valence-corrected chi connectivity index (χ1v) is 5.50. The van der Waals surface area contributed by atoms with E-state index in [9.17, 15) is 9.59 Å². The van der Waals surface area contributed by atoms with Crippen molar-refractivity contribution in [2.75, 3.05) is 12.4 Å². The molecule has 90 valence electrons. The predicted molar refractivity (Wildman–Crippen MR) is 64.5 cm³/mol. The highest BCUT2D eigenvalue weighted by atomic mass is 16.2. The second-order valence-electron chi connectivity index (χ2n) is 4.16. The molecule has 1 aromatic carbocycles. The van der Waals surface area contributed by atoms with Gasteiger partial charge in [0.15, 0.2) is 0 Å². The van der Waals surface area contributed by atoms with Crippen LogP contribution < -0.4 is 16.4 Å². The van der Waals surface area contributed by atoms with Crippen molar-refractivity contribution in [2.45, 2.75) is 12.5 Å². The van der Waals surface area contributed by atoms with Crippen LogP contribution in [0.3, 0.4) is 0 Å². The molecule has 2 rings (SSSR count). The SMILES string of the molecule is CNC(=O)c1cccc(NC(=O)C2CC2N)c1. The minimum atomic E-state index is -0.177. The van der Waals surface area contributed by atoms with Crippen molar-refractivity contribution in [1.82, 2.24) is 5.32 Å². The molecule has 0 radical (unpaired) electrons. The summed E-state index contributed by atoms with van der Waals surface area (Å²) in [6.07, 6.45) is 0.737. The fourth-order valence-corrected chi connectivity index (χ4v) is 1.63. The Balaban J connectivity index is 2.06. The van der Waals surface area contributed by atoms with Gasteiger partial charge < -0.3 is 16.4 Å². The van der Waals surface area contributed by atoms with Crippen LogP contribution in [0.4, 0.5) is 5.69 Å². The van der Waals surface area contributed by atoms with Crippen LogP contribution in [-0.2, 0) is 4.79 Å². The first kappa shape index (κ1) is 11.6. The molecule has 5 heteroatoms. The van der Waals surface area contributed by atoms with Gasteiger partial charge in [-0.2, -0.15) is 0 Å². The lowest BCUT2D eigenvalue weighted by Gasteiger charge is -2.06. The zero-order valence-corrected chi connectivity index (χ0v) is 9.57. The molecular weight excluding hydrogens is 218 g/mol. The number of anilines is 1. The summed E-state index contributed by atoms with van der Waals surface area (Å²) in [6.45, 7) is 0. The van der Waals surface area contributed by atoms with Gasteiger partial charge in [0, 0.05) is 24.3 Å². The highest BCUT2D eigenvalue weighted by Crippen LogP contribution is 2.29. The highest BCUT2D eigenvalue weighted by Gasteiger charge is 2.39. The maximum absolute atomic E-state index is 11.6. The number of hydrogen-bond donors (Lipinski definition) is 3. The Morgan fingerprint density at radius 3 is 2.71 bits per heavy atom. The Bertz CT molecular complexity index is 459. The van der Waals surface area contributed by atoms with Crippen molar-refractivity contribution in [2.24, 2.45) is 11.7 Å². The summed E-state index contributed by atoms with van der Waals surface area (Å²) in [6, 6.07) is 6.80. The Morgan fingerprint density at radius 2 is 2.12 bits per heavy atom. The molecule has 0 bridgehead atoms. The van der Waals surface area contributed by atoms with Crippen LogP contribution >= 0.6 is 0 Å². The molecule has 0 spiro atoms. The van der Waals surface area contributed by atoms with E-state index in [1.54, 1.807) is 31.3 Å². The molecule has 4 N–H and O–H groups in total. The molecule has 1 aliphatic rings. The second kappa shape index (κ2) is 4.55. The van der Waals surface area contributed by atoms with Crippen molar-refractivity contribution in [3.8, 4) is 0 Å². The maximum Gasteiger partial charge on any atom is 0.251 e. The van der Waals surface area contributed by atoms with Crippen molar-refractivity contribution in [3.05, 3.63) is 29.8 Å². The summed E-state index contributed by atoms with van der Waals surface area (Å²) in [7, 11) is 1.57. The van der Waals surface area contributed by atoms with Gasteiger partial charge in [-0.25, -0.2) is 0 Å². The molecule has 0 saturated heterocycles. The lowest BCUT2D eigenvalue weighted by molar-refractivity contribution is -0.117. The molecular formula is C12H15N3O2. The number of amides is 2. The van der Waals surface area contributed by atoms with E-state index in [1.165, 1.54) is 0 Å². The number of nitrogens with two attached hydrogens (primary N) is 1. The normalized spacial score (nSPS) is 21.8. The molecule has 0 aromatic heterocycles. The quantitative estimate of drug-likeness (QED) is 0.703. The number of benzene rings is 1. The second-order valence-corrected chi connectivity index (χ2v) is 4.16. The van der Waals surface area contributed by atoms with Gasteiger partial charge in [-0.1, -0.05) is 6.07 Å². The number of carbonyl (C=O) groups excluding carboxylic acids is 2. The number of rotatable bonds is 3.